The highest BCUT2D eigenvalue weighted by Crippen LogP contribution is 2.24. The zero-order chi connectivity index (χ0) is 14.7. The molecule has 1 aliphatic rings. The van der Waals surface area contributed by atoms with Gasteiger partial charge in [-0.2, -0.15) is 0 Å². The molecule has 3 rings (SSSR count). The molecule has 3 nitrogen and oxygen atoms in total. The Labute approximate surface area is 126 Å². The van der Waals surface area contributed by atoms with E-state index in [0.717, 1.165) is 18.0 Å². The first-order valence-corrected chi connectivity index (χ1v) is 7.66. The molecule has 21 heavy (non-hydrogen) atoms. The predicted octanol–water partition coefficient (Wildman–Crippen LogP) is 4.25. The monoisotopic (exact) mass is 282 g/mol. The fourth-order valence-electron chi connectivity index (χ4n) is 2.22. The lowest BCUT2D eigenvalue weighted by atomic mass is 10.0. The van der Waals surface area contributed by atoms with Crippen LogP contribution >= 0.6 is 0 Å². The summed E-state index contributed by atoms with van der Waals surface area (Å²) < 4.78 is 5.89. The molecular formula is C18H22N2O. The van der Waals surface area contributed by atoms with Gasteiger partial charge in [-0.3, -0.25) is 4.98 Å². The van der Waals surface area contributed by atoms with Crippen LogP contribution in [0.1, 0.15) is 43.7 Å². The Morgan fingerprint density at radius 2 is 1.90 bits per heavy atom. The SMILES string of the molecule is CC(C)c1ccc(Oc2cncc(CNC3CC3)c2)cc1. The maximum atomic E-state index is 5.89. The molecule has 1 saturated carbocycles. The van der Waals surface area contributed by atoms with Gasteiger partial charge in [0.05, 0.1) is 6.20 Å². The average Bonchev–Trinajstić information content (AvgIpc) is 3.30. The number of benzene rings is 1. The summed E-state index contributed by atoms with van der Waals surface area (Å²) in [6, 6.07) is 11.0. The number of nitrogens with zero attached hydrogens (tertiary/aromatic N) is 1. The molecule has 1 heterocycles. The number of pyridine rings is 1. The van der Waals surface area contributed by atoms with Gasteiger partial charge in [-0.1, -0.05) is 26.0 Å². The Kier molecular flexibility index (Phi) is 4.20. The van der Waals surface area contributed by atoms with Crippen LogP contribution in [0.4, 0.5) is 0 Å². The summed E-state index contributed by atoms with van der Waals surface area (Å²) in [5.41, 5.74) is 2.49. The molecule has 0 atom stereocenters. The highest BCUT2D eigenvalue weighted by molar-refractivity contribution is 5.34. The third-order valence-corrected chi connectivity index (χ3v) is 3.72. The standard InChI is InChI=1S/C18H22N2O/c1-13(2)15-3-7-17(8-4-15)21-18-9-14(10-19-12-18)11-20-16-5-6-16/h3-4,7-10,12-13,16,20H,5-6,11H2,1-2H3. The van der Waals surface area contributed by atoms with Crippen molar-refractivity contribution in [3.05, 3.63) is 53.9 Å². The summed E-state index contributed by atoms with van der Waals surface area (Å²) >= 11 is 0. The maximum Gasteiger partial charge on any atom is 0.146 e. The summed E-state index contributed by atoms with van der Waals surface area (Å²) in [6.07, 6.45) is 6.25. The van der Waals surface area contributed by atoms with E-state index in [1.807, 2.05) is 18.3 Å². The molecule has 0 saturated heterocycles. The Balaban J connectivity index is 1.64. The quantitative estimate of drug-likeness (QED) is 0.860. The van der Waals surface area contributed by atoms with E-state index in [1.165, 1.54) is 24.0 Å². The van der Waals surface area contributed by atoms with E-state index < -0.39 is 0 Å². The van der Waals surface area contributed by atoms with Gasteiger partial charge in [-0.05, 0) is 48.1 Å². The molecule has 1 aliphatic carbocycles. The lowest BCUT2D eigenvalue weighted by molar-refractivity contribution is 0.478. The first-order chi connectivity index (χ1) is 10.2. The van der Waals surface area contributed by atoms with E-state index in [1.54, 1.807) is 6.20 Å². The van der Waals surface area contributed by atoms with E-state index in [9.17, 15) is 0 Å². The van der Waals surface area contributed by atoms with Crippen molar-refractivity contribution in [2.75, 3.05) is 0 Å². The van der Waals surface area contributed by atoms with Crippen LogP contribution < -0.4 is 10.1 Å². The molecule has 0 bridgehead atoms. The summed E-state index contributed by atoms with van der Waals surface area (Å²) in [7, 11) is 0. The van der Waals surface area contributed by atoms with E-state index in [4.69, 9.17) is 4.74 Å². The van der Waals surface area contributed by atoms with Crippen molar-refractivity contribution in [2.45, 2.75) is 45.2 Å². The fraction of sp³-hybridized carbons (Fsp3) is 0.389. The molecule has 0 spiro atoms. The van der Waals surface area contributed by atoms with Gasteiger partial charge < -0.3 is 10.1 Å². The molecule has 110 valence electrons. The fourth-order valence-corrected chi connectivity index (χ4v) is 2.22. The van der Waals surface area contributed by atoms with Crippen molar-refractivity contribution in [2.24, 2.45) is 0 Å². The van der Waals surface area contributed by atoms with Crippen LogP contribution in [0.25, 0.3) is 0 Å². The van der Waals surface area contributed by atoms with Crippen LogP contribution in [0.5, 0.6) is 11.5 Å². The van der Waals surface area contributed by atoms with Crippen molar-refractivity contribution in [3.8, 4) is 11.5 Å². The zero-order valence-electron chi connectivity index (χ0n) is 12.7. The number of nitrogens with one attached hydrogen (secondary N) is 1. The van der Waals surface area contributed by atoms with Gasteiger partial charge in [0.1, 0.15) is 11.5 Å². The van der Waals surface area contributed by atoms with Gasteiger partial charge in [0.25, 0.3) is 0 Å². The molecule has 0 radical (unpaired) electrons. The predicted molar refractivity (Wildman–Crippen MR) is 84.7 cm³/mol. The van der Waals surface area contributed by atoms with Crippen molar-refractivity contribution < 1.29 is 4.74 Å². The number of ether oxygens (including phenoxy) is 1. The van der Waals surface area contributed by atoms with Crippen LogP contribution in [-0.2, 0) is 6.54 Å². The summed E-state index contributed by atoms with van der Waals surface area (Å²) in [6.45, 7) is 5.24. The first-order valence-electron chi connectivity index (χ1n) is 7.66. The van der Waals surface area contributed by atoms with E-state index >= 15 is 0 Å². The molecule has 1 aromatic heterocycles. The molecule has 0 unspecified atom stereocenters. The summed E-state index contributed by atoms with van der Waals surface area (Å²) in [4.78, 5) is 4.26. The lowest BCUT2D eigenvalue weighted by Gasteiger charge is -2.09. The van der Waals surface area contributed by atoms with Gasteiger partial charge in [-0.15, -0.1) is 0 Å². The molecule has 1 aromatic carbocycles. The highest BCUT2D eigenvalue weighted by Gasteiger charge is 2.19. The maximum absolute atomic E-state index is 5.89. The second-order valence-corrected chi connectivity index (χ2v) is 6.01. The molecule has 0 aliphatic heterocycles. The van der Waals surface area contributed by atoms with Gasteiger partial charge in [0.2, 0.25) is 0 Å². The Morgan fingerprint density at radius 3 is 2.57 bits per heavy atom. The number of hydrogen-bond donors (Lipinski definition) is 1. The van der Waals surface area contributed by atoms with Crippen molar-refractivity contribution >= 4 is 0 Å². The Morgan fingerprint density at radius 1 is 1.14 bits per heavy atom. The highest BCUT2D eigenvalue weighted by atomic mass is 16.5. The smallest absolute Gasteiger partial charge is 0.146 e. The summed E-state index contributed by atoms with van der Waals surface area (Å²) in [5, 5.41) is 3.49. The van der Waals surface area contributed by atoms with Crippen LogP contribution in [0.2, 0.25) is 0 Å². The molecule has 1 N–H and O–H groups in total. The Bertz CT molecular complexity index is 588. The molecule has 3 heteroatoms. The third kappa shape index (κ3) is 4.05. The van der Waals surface area contributed by atoms with Crippen molar-refractivity contribution in [1.29, 1.82) is 0 Å². The van der Waals surface area contributed by atoms with E-state index in [-0.39, 0.29) is 0 Å². The van der Waals surface area contributed by atoms with Crippen molar-refractivity contribution in [1.82, 2.24) is 10.3 Å². The van der Waals surface area contributed by atoms with E-state index in [0.29, 0.717) is 12.0 Å². The van der Waals surface area contributed by atoms with Crippen molar-refractivity contribution in [3.63, 3.8) is 0 Å². The van der Waals surface area contributed by atoms with Gasteiger partial charge in [0.15, 0.2) is 0 Å². The summed E-state index contributed by atoms with van der Waals surface area (Å²) in [5.74, 6) is 2.19. The van der Waals surface area contributed by atoms with Gasteiger partial charge >= 0.3 is 0 Å². The minimum atomic E-state index is 0.539. The zero-order valence-corrected chi connectivity index (χ0v) is 12.7. The molecule has 1 fully saturated rings. The largest absolute Gasteiger partial charge is 0.456 e. The lowest BCUT2D eigenvalue weighted by Crippen LogP contribution is -2.15. The number of rotatable bonds is 6. The topological polar surface area (TPSA) is 34.1 Å². The minimum Gasteiger partial charge on any atom is -0.456 e. The first kappa shape index (κ1) is 14.1. The van der Waals surface area contributed by atoms with Gasteiger partial charge in [-0.25, -0.2) is 0 Å². The minimum absolute atomic E-state index is 0.539. The van der Waals surface area contributed by atoms with Crippen LogP contribution in [0, 0.1) is 0 Å². The normalized spacial score (nSPS) is 14.4. The van der Waals surface area contributed by atoms with Crippen LogP contribution in [-0.4, -0.2) is 11.0 Å². The van der Waals surface area contributed by atoms with Crippen LogP contribution in [0.3, 0.4) is 0 Å². The van der Waals surface area contributed by atoms with E-state index in [2.05, 4.69) is 42.3 Å². The van der Waals surface area contributed by atoms with Crippen LogP contribution in [0.15, 0.2) is 42.7 Å². The second-order valence-electron chi connectivity index (χ2n) is 6.01. The molecule has 2 aromatic rings. The molecule has 0 amide bonds. The van der Waals surface area contributed by atoms with Gasteiger partial charge in [0, 0.05) is 18.8 Å². The number of hydrogen-bond acceptors (Lipinski definition) is 3. The third-order valence-electron chi connectivity index (χ3n) is 3.72. The Hall–Kier alpha value is -1.87. The average molecular weight is 282 g/mol. The number of aromatic nitrogens is 1. The molecular weight excluding hydrogens is 260 g/mol. The second kappa shape index (κ2) is 6.27.